The Balaban J connectivity index is 2.76. The molecule has 0 saturated carbocycles. The summed E-state index contributed by atoms with van der Waals surface area (Å²) in [6.45, 7) is 7.78. The Labute approximate surface area is 175 Å². The molecular weight excluding hydrogens is 422 g/mol. The van der Waals surface area contributed by atoms with Gasteiger partial charge in [0.1, 0.15) is 18.2 Å². The van der Waals surface area contributed by atoms with E-state index in [-0.39, 0.29) is 11.9 Å². The zero-order chi connectivity index (χ0) is 23.2. The maximum absolute atomic E-state index is 15.1. The van der Waals surface area contributed by atoms with E-state index in [1.54, 1.807) is 13.8 Å². The van der Waals surface area contributed by atoms with Crippen molar-refractivity contribution >= 4 is 25.8 Å². The molecule has 1 unspecified atom stereocenters. The lowest BCUT2D eigenvalue weighted by Crippen LogP contribution is -2.49. The van der Waals surface area contributed by atoms with Crippen molar-refractivity contribution in [2.45, 2.75) is 77.8 Å². The minimum Gasteiger partial charge on any atom is -0.462 e. The van der Waals surface area contributed by atoms with E-state index >= 15 is 4.39 Å². The molecule has 30 heavy (non-hydrogen) atoms. The van der Waals surface area contributed by atoms with E-state index in [1.165, 1.54) is 13.8 Å². The van der Waals surface area contributed by atoms with E-state index in [4.69, 9.17) is 14.0 Å². The van der Waals surface area contributed by atoms with E-state index in [9.17, 15) is 24.1 Å². The number of aliphatic hydroxyl groups is 1. The van der Waals surface area contributed by atoms with Crippen molar-refractivity contribution in [3.8, 4) is 0 Å². The molecule has 1 fully saturated rings. The Morgan fingerprint density at radius 2 is 1.93 bits per heavy atom. The van der Waals surface area contributed by atoms with Crippen LogP contribution in [0.1, 0.15) is 41.5 Å². The van der Waals surface area contributed by atoms with Gasteiger partial charge in [0.15, 0.2) is 17.7 Å². The molecule has 0 radical (unpaired) electrons. The van der Waals surface area contributed by atoms with Crippen LogP contribution in [0.3, 0.4) is 0 Å². The number of amides is 1. The monoisotopic (exact) mass is 452 g/mol. The Hall–Kier alpha value is -1.65. The fourth-order valence-corrected chi connectivity index (χ4v) is 3.52. The normalized spacial score (nSPS) is 28.5. The number of ether oxygens (including phenoxy) is 2. The van der Waals surface area contributed by atoms with E-state index in [0.717, 1.165) is 31.0 Å². The van der Waals surface area contributed by atoms with Crippen molar-refractivity contribution in [2.75, 3.05) is 6.61 Å². The highest BCUT2D eigenvalue weighted by molar-refractivity contribution is 7.36. The molecule has 1 rings (SSSR count). The molecule has 12 heteroatoms. The summed E-state index contributed by atoms with van der Waals surface area (Å²) >= 11 is 0. The molecule has 0 aromatic heterocycles. The van der Waals surface area contributed by atoms with Crippen molar-refractivity contribution in [3.05, 3.63) is 12.3 Å². The van der Waals surface area contributed by atoms with Crippen LogP contribution in [-0.2, 0) is 32.9 Å². The van der Waals surface area contributed by atoms with Crippen LogP contribution in [0.5, 0.6) is 0 Å². The van der Waals surface area contributed by atoms with Gasteiger partial charge in [-0.3, -0.25) is 23.8 Å². The highest BCUT2D eigenvalue weighted by Crippen LogP contribution is 2.37. The topological polar surface area (TPSA) is 131 Å². The van der Waals surface area contributed by atoms with Crippen LogP contribution in [0.2, 0.25) is 0 Å². The Bertz CT molecular complexity index is 700. The zero-order valence-electron chi connectivity index (χ0n) is 17.9. The molecular formula is C18H30FN2O8P. The Kier molecular flexibility index (Phi) is 9.77. The quantitative estimate of drug-likeness (QED) is 0.284. The van der Waals surface area contributed by atoms with Gasteiger partial charge in [0, 0.05) is 13.1 Å². The van der Waals surface area contributed by atoms with Gasteiger partial charge < -0.3 is 19.1 Å². The summed E-state index contributed by atoms with van der Waals surface area (Å²) < 4.78 is 42.7. The number of halogens is 1. The van der Waals surface area contributed by atoms with Gasteiger partial charge in [-0.25, -0.2) is 9.48 Å². The maximum Gasteiger partial charge on any atom is 0.323 e. The first-order valence-electron chi connectivity index (χ1n) is 9.41. The summed E-state index contributed by atoms with van der Waals surface area (Å²) in [7, 11) is -2.94. The molecule has 0 aromatic rings. The molecule has 1 aliphatic rings. The van der Waals surface area contributed by atoms with E-state index in [2.05, 4.69) is 5.09 Å². The molecule has 0 aromatic carbocycles. The molecule has 0 aliphatic carbocycles. The second kappa shape index (κ2) is 11.1. The summed E-state index contributed by atoms with van der Waals surface area (Å²) in [5.41, 5.74) is -2.39. The number of hydrogen-bond donors (Lipinski definition) is 2. The number of alkyl halides is 1. The van der Waals surface area contributed by atoms with Gasteiger partial charge in [0.2, 0.25) is 5.91 Å². The standard InChI is InChI=1S/C18H30FN2O8P/c1-10(2)28-16(25)12(4)20-30(26)27-9-14-15(24)18(6,19)17(29-14)21(13(5)23)8-7-11(3)22/h7-8,10,12,14-15,17,24,30H,9H2,1-6H3,(H,20,26)/b8-7-/t12-,14+,15+,17+,18+/m0/s1. The molecule has 10 nitrogen and oxygen atoms in total. The minimum atomic E-state index is -2.94. The van der Waals surface area contributed by atoms with Crippen molar-refractivity contribution in [1.82, 2.24) is 9.99 Å². The smallest absolute Gasteiger partial charge is 0.323 e. The van der Waals surface area contributed by atoms with Crippen LogP contribution in [0.25, 0.3) is 0 Å². The van der Waals surface area contributed by atoms with Crippen molar-refractivity contribution in [3.63, 3.8) is 0 Å². The Morgan fingerprint density at radius 1 is 1.33 bits per heavy atom. The number of nitrogens with one attached hydrogen (secondary N) is 1. The van der Waals surface area contributed by atoms with Crippen molar-refractivity contribution in [2.24, 2.45) is 0 Å². The SMILES string of the molecule is CC(=O)/C=C\N(C(C)=O)[C@@H]1O[C@H](CO[PH](=O)N[C@@H](C)C(=O)OC(C)C)[C@@H](O)[C@@]1(C)F. The van der Waals surface area contributed by atoms with Crippen LogP contribution in [-0.4, -0.2) is 70.5 Å². The number of ketones is 1. The zero-order valence-corrected chi connectivity index (χ0v) is 18.9. The van der Waals surface area contributed by atoms with Gasteiger partial charge in [-0.15, -0.1) is 0 Å². The van der Waals surface area contributed by atoms with Crippen LogP contribution >= 0.6 is 8.18 Å². The Morgan fingerprint density at radius 3 is 2.43 bits per heavy atom. The fourth-order valence-electron chi connectivity index (χ4n) is 2.65. The minimum absolute atomic E-state index is 0.340. The first-order valence-corrected chi connectivity index (χ1v) is 10.7. The molecule has 6 atom stereocenters. The van der Waals surface area contributed by atoms with E-state index in [0.29, 0.717) is 0 Å². The number of carbonyl (C=O) groups excluding carboxylic acids is 3. The lowest BCUT2D eigenvalue weighted by Gasteiger charge is -2.31. The molecule has 1 heterocycles. The summed E-state index contributed by atoms with van der Waals surface area (Å²) in [4.78, 5) is 35.6. The molecule has 1 saturated heterocycles. The first kappa shape index (κ1) is 26.4. The van der Waals surface area contributed by atoms with Crippen molar-refractivity contribution in [1.29, 1.82) is 0 Å². The predicted octanol–water partition coefficient (Wildman–Crippen LogP) is 1.09. The number of allylic oxidation sites excluding steroid dienone is 1. The van der Waals surface area contributed by atoms with Crippen LogP contribution in [0, 0.1) is 0 Å². The summed E-state index contributed by atoms with van der Waals surface area (Å²) in [6.07, 6.45) is -2.66. The molecule has 0 bridgehead atoms. The third-order valence-electron chi connectivity index (χ3n) is 4.22. The second-order valence-corrected chi connectivity index (χ2v) is 8.58. The van der Waals surface area contributed by atoms with Gasteiger partial charge in [-0.1, -0.05) is 0 Å². The number of carbonyl (C=O) groups is 3. The average molecular weight is 452 g/mol. The third kappa shape index (κ3) is 7.24. The predicted molar refractivity (Wildman–Crippen MR) is 105 cm³/mol. The first-order chi connectivity index (χ1) is 13.8. The average Bonchev–Trinajstić information content (AvgIpc) is 2.82. The van der Waals surface area contributed by atoms with Gasteiger partial charge in [0.25, 0.3) is 8.18 Å². The molecule has 2 N–H and O–H groups in total. The summed E-state index contributed by atoms with van der Waals surface area (Å²) in [5.74, 6) is -1.59. The molecule has 172 valence electrons. The highest BCUT2D eigenvalue weighted by atomic mass is 31.1. The number of esters is 1. The van der Waals surface area contributed by atoms with Crippen LogP contribution in [0.4, 0.5) is 4.39 Å². The second-order valence-electron chi connectivity index (χ2n) is 7.43. The lowest BCUT2D eigenvalue weighted by atomic mass is 9.98. The number of nitrogens with zero attached hydrogens (tertiary/aromatic N) is 1. The van der Waals surface area contributed by atoms with E-state index < -0.39 is 56.8 Å². The van der Waals surface area contributed by atoms with E-state index in [1.807, 2.05) is 0 Å². The van der Waals surface area contributed by atoms with Gasteiger partial charge in [0.05, 0.1) is 12.7 Å². The number of hydrogen-bond acceptors (Lipinski definition) is 8. The van der Waals surface area contributed by atoms with Crippen LogP contribution in [0.15, 0.2) is 12.3 Å². The van der Waals surface area contributed by atoms with Gasteiger partial charge in [-0.05, 0) is 40.7 Å². The fraction of sp³-hybridized carbons (Fsp3) is 0.722. The number of rotatable bonds is 10. The summed E-state index contributed by atoms with van der Waals surface area (Å²) in [5, 5.41) is 12.7. The van der Waals surface area contributed by atoms with Gasteiger partial charge in [-0.2, -0.15) is 0 Å². The lowest BCUT2D eigenvalue weighted by molar-refractivity contribution is -0.149. The maximum atomic E-state index is 15.1. The molecule has 1 aliphatic heterocycles. The molecule has 1 amide bonds. The largest absolute Gasteiger partial charge is 0.462 e. The van der Waals surface area contributed by atoms with Crippen molar-refractivity contribution < 1.29 is 42.4 Å². The molecule has 0 spiro atoms. The van der Waals surface area contributed by atoms with Gasteiger partial charge >= 0.3 is 5.97 Å². The summed E-state index contributed by atoms with van der Waals surface area (Å²) in [6, 6.07) is -0.905. The van der Waals surface area contributed by atoms with Crippen LogP contribution < -0.4 is 5.09 Å². The number of aliphatic hydroxyl groups excluding tert-OH is 1. The highest BCUT2D eigenvalue weighted by Gasteiger charge is 2.56. The third-order valence-corrected chi connectivity index (χ3v) is 5.32.